The van der Waals surface area contributed by atoms with Gasteiger partial charge in [0, 0.05) is 6.04 Å². The molecule has 2 N–H and O–H groups in total. The lowest BCUT2D eigenvalue weighted by molar-refractivity contribution is -0.105. The molecule has 0 aromatic heterocycles. The Kier molecular flexibility index (Phi) is 3.97. The van der Waals surface area contributed by atoms with Crippen LogP contribution >= 0.6 is 0 Å². The summed E-state index contributed by atoms with van der Waals surface area (Å²) in [4.78, 5) is 10.5. The van der Waals surface area contributed by atoms with Crippen molar-refractivity contribution in [1.82, 2.24) is 0 Å². The molecule has 0 spiro atoms. The number of para-hydroxylation sites is 2. The molecule has 0 saturated carbocycles. The Morgan fingerprint density at radius 2 is 1.56 bits per heavy atom. The van der Waals surface area contributed by atoms with Crippen molar-refractivity contribution in [3.8, 4) is 0 Å². The first-order valence-electron chi connectivity index (χ1n) is 5.92. The van der Waals surface area contributed by atoms with Gasteiger partial charge in [-0.05, 0) is 24.6 Å². The molecule has 1 amide bonds. The van der Waals surface area contributed by atoms with Crippen LogP contribution in [0.1, 0.15) is 18.5 Å². The van der Waals surface area contributed by atoms with E-state index in [2.05, 4.69) is 29.7 Å². The molecular formula is C15H16N2O. The fourth-order valence-electron chi connectivity index (χ4n) is 1.86. The minimum absolute atomic E-state index is 0.181. The van der Waals surface area contributed by atoms with Gasteiger partial charge in [-0.15, -0.1) is 0 Å². The number of rotatable bonds is 5. The number of hydrogen-bond acceptors (Lipinski definition) is 2. The first kappa shape index (κ1) is 12.2. The van der Waals surface area contributed by atoms with E-state index >= 15 is 0 Å². The van der Waals surface area contributed by atoms with Gasteiger partial charge in [0.05, 0.1) is 11.4 Å². The van der Waals surface area contributed by atoms with E-state index in [1.807, 2.05) is 42.5 Å². The van der Waals surface area contributed by atoms with Gasteiger partial charge in [0.1, 0.15) is 0 Å². The quantitative estimate of drug-likeness (QED) is 0.786. The van der Waals surface area contributed by atoms with Gasteiger partial charge >= 0.3 is 0 Å². The highest BCUT2D eigenvalue weighted by Gasteiger charge is 2.07. The minimum Gasteiger partial charge on any atom is -0.377 e. The van der Waals surface area contributed by atoms with Crippen LogP contribution in [-0.4, -0.2) is 6.41 Å². The maximum absolute atomic E-state index is 10.5. The zero-order valence-electron chi connectivity index (χ0n) is 10.3. The zero-order chi connectivity index (χ0) is 12.8. The molecule has 2 rings (SSSR count). The first-order valence-corrected chi connectivity index (χ1v) is 5.92. The number of nitrogens with one attached hydrogen (secondary N) is 2. The normalized spacial score (nSPS) is 11.6. The lowest BCUT2D eigenvalue weighted by Crippen LogP contribution is -2.08. The Hall–Kier alpha value is -2.29. The van der Waals surface area contributed by atoms with Crippen LogP contribution in [0.3, 0.4) is 0 Å². The molecule has 2 aromatic rings. The second-order valence-electron chi connectivity index (χ2n) is 4.08. The van der Waals surface area contributed by atoms with Gasteiger partial charge in [-0.2, -0.15) is 0 Å². The van der Waals surface area contributed by atoms with Crippen LogP contribution in [0, 0.1) is 0 Å². The molecule has 0 heterocycles. The Morgan fingerprint density at radius 3 is 2.22 bits per heavy atom. The summed E-state index contributed by atoms with van der Waals surface area (Å²) in [5, 5.41) is 6.08. The molecule has 92 valence electrons. The van der Waals surface area contributed by atoms with E-state index in [9.17, 15) is 4.79 Å². The van der Waals surface area contributed by atoms with E-state index in [1.165, 1.54) is 5.56 Å². The Labute approximate surface area is 107 Å². The molecule has 18 heavy (non-hydrogen) atoms. The van der Waals surface area contributed by atoms with Crippen LogP contribution in [0.15, 0.2) is 54.6 Å². The first-order chi connectivity index (χ1) is 8.81. The summed E-state index contributed by atoms with van der Waals surface area (Å²) < 4.78 is 0. The molecule has 3 nitrogen and oxygen atoms in total. The minimum atomic E-state index is 0.181. The predicted molar refractivity (Wildman–Crippen MR) is 74.6 cm³/mol. The summed E-state index contributed by atoms with van der Waals surface area (Å²) in [7, 11) is 0. The smallest absolute Gasteiger partial charge is 0.211 e. The zero-order valence-corrected chi connectivity index (χ0v) is 10.3. The number of hydrogen-bond donors (Lipinski definition) is 2. The highest BCUT2D eigenvalue weighted by molar-refractivity contribution is 5.80. The van der Waals surface area contributed by atoms with Crippen LogP contribution in [0.4, 0.5) is 11.4 Å². The van der Waals surface area contributed by atoms with E-state index in [-0.39, 0.29) is 6.04 Å². The molecule has 2 aromatic carbocycles. The van der Waals surface area contributed by atoms with Crippen molar-refractivity contribution in [2.75, 3.05) is 10.6 Å². The lowest BCUT2D eigenvalue weighted by Gasteiger charge is -2.18. The molecule has 0 bridgehead atoms. The van der Waals surface area contributed by atoms with Gasteiger partial charge in [-0.25, -0.2) is 0 Å². The number of carbonyl (C=O) groups excluding carboxylic acids is 1. The van der Waals surface area contributed by atoms with E-state index < -0.39 is 0 Å². The third kappa shape index (κ3) is 2.88. The number of benzene rings is 2. The third-order valence-electron chi connectivity index (χ3n) is 2.81. The molecule has 0 radical (unpaired) electrons. The molecule has 1 unspecified atom stereocenters. The summed E-state index contributed by atoms with van der Waals surface area (Å²) in [6.07, 6.45) is 0.688. The maximum Gasteiger partial charge on any atom is 0.211 e. The van der Waals surface area contributed by atoms with E-state index in [0.717, 1.165) is 11.4 Å². The molecule has 0 saturated heterocycles. The molecule has 0 aliphatic rings. The summed E-state index contributed by atoms with van der Waals surface area (Å²) in [6, 6.07) is 18.0. The van der Waals surface area contributed by atoms with E-state index in [4.69, 9.17) is 0 Å². The fourth-order valence-corrected chi connectivity index (χ4v) is 1.86. The highest BCUT2D eigenvalue weighted by Crippen LogP contribution is 2.25. The highest BCUT2D eigenvalue weighted by atomic mass is 16.1. The van der Waals surface area contributed by atoms with Crippen LogP contribution < -0.4 is 10.6 Å². The van der Waals surface area contributed by atoms with Gasteiger partial charge < -0.3 is 10.6 Å². The molecule has 1 atom stereocenters. The molecule has 0 aliphatic heterocycles. The Bertz CT molecular complexity index is 511. The fraction of sp³-hybridized carbons (Fsp3) is 0.133. The van der Waals surface area contributed by atoms with E-state index in [1.54, 1.807) is 0 Å². The van der Waals surface area contributed by atoms with Crippen molar-refractivity contribution in [2.24, 2.45) is 0 Å². The summed E-state index contributed by atoms with van der Waals surface area (Å²) in [6.45, 7) is 2.09. The summed E-state index contributed by atoms with van der Waals surface area (Å²) >= 11 is 0. The van der Waals surface area contributed by atoms with Crippen molar-refractivity contribution in [1.29, 1.82) is 0 Å². The van der Waals surface area contributed by atoms with Gasteiger partial charge in [0.2, 0.25) is 6.41 Å². The second kappa shape index (κ2) is 5.87. The van der Waals surface area contributed by atoms with Crippen molar-refractivity contribution in [2.45, 2.75) is 13.0 Å². The number of anilines is 2. The standard InChI is InChI=1S/C15H16N2O/c1-12(13-7-3-2-4-8-13)17-15-10-6-5-9-14(15)16-11-18/h2-12,17H,1H3,(H,16,18). The van der Waals surface area contributed by atoms with E-state index in [0.29, 0.717) is 6.41 Å². The van der Waals surface area contributed by atoms with Gasteiger partial charge in [-0.1, -0.05) is 42.5 Å². The Balaban J connectivity index is 2.16. The van der Waals surface area contributed by atoms with Crippen LogP contribution in [-0.2, 0) is 4.79 Å². The molecule has 0 aliphatic carbocycles. The maximum atomic E-state index is 10.5. The largest absolute Gasteiger partial charge is 0.377 e. The van der Waals surface area contributed by atoms with Crippen molar-refractivity contribution in [3.05, 3.63) is 60.2 Å². The summed E-state index contributed by atoms with van der Waals surface area (Å²) in [5.41, 5.74) is 2.91. The Morgan fingerprint density at radius 1 is 0.944 bits per heavy atom. The third-order valence-corrected chi connectivity index (χ3v) is 2.81. The SMILES string of the molecule is CC(Nc1ccccc1NC=O)c1ccccc1. The molecule has 0 fully saturated rings. The van der Waals surface area contributed by atoms with Gasteiger partial charge in [0.15, 0.2) is 0 Å². The topological polar surface area (TPSA) is 41.1 Å². The van der Waals surface area contributed by atoms with Crippen LogP contribution in [0.5, 0.6) is 0 Å². The monoisotopic (exact) mass is 240 g/mol. The van der Waals surface area contributed by atoms with Crippen LogP contribution in [0.2, 0.25) is 0 Å². The van der Waals surface area contributed by atoms with Gasteiger partial charge in [0.25, 0.3) is 0 Å². The number of carbonyl (C=O) groups is 1. The molecule has 3 heteroatoms. The summed E-state index contributed by atoms with van der Waals surface area (Å²) in [5.74, 6) is 0. The van der Waals surface area contributed by atoms with Crippen molar-refractivity contribution >= 4 is 17.8 Å². The average Bonchev–Trinajstić information content (AvgIpc) is 2.42. The second-order valence-corrected chi connectivity index (χ2v) is 4.08. The van der Waals surface area contributed by atoms with Crippen molar-refractivity contribution < 1.29 is 4.79 Å². The van der Waals surface area contributed by atoms with Gasteiger partial charge in [-0.3, -0.25) is 4.79 Å². The average molecular weight is 240 g/mol. The van der Waals surface area contributed by atoms with Crippen LogP contribution in [0.25, 0.3) is 0 Å². The predicted octanol–water partition coefficient (Wildman–Crippen LogP) is 3.43. The lowest BCUT2D eigenvalue weighted by atomic mass is 10.1. The van der Waals surface area contributed by atoms with Crippen molar-refractivity contribution in [3.63, 3.8) is 0 Å². The number of amides is 1. The molecular weight excluding hydrogens is 224 g/mol.